The number of carbonyl (C=O) groups excluding carboxylic acids is 1. The molecule has 0 bridgehead atoms. The van der Waals surface area contributed by atoms with Crippen LogP contribution >= 0.6 is 34.8 Å². The number of nitrogens with zero attached hydrogens (tertiary/aromatic N) is 3. The molecule has 9 heteroatoms. The van der Waals surface area contributed by atoms with Crippen LogP contribution in [-0.4, -0.2) is 28.0 Å². The van der Waals surface area contributed by atoms with Crippen molar-refractivity contribution in [2.75, 3.05) is 12.4 Å². The number of carbonyl (C=O) groups is 1. The van der Waals surface area contributed by atoms with Crippen molar-refractivity contribution in [2.24, 2.45) is 0 Å². The maximum Gasteiger partial charge on any atom is 0.255 e. The predicted octanol–water partition coefficient (Wildman–Crippen LogP) is 5.95. The minimum absolute atomic E-state index is 0.258. The van der Waals surface area contributed by atoms with E-state index in [0.29, 0.717) is 33.1 Å². The van der Waals surface area contributed by atoms with Gasteiger partial charge in [-0.25, -0.2) is 0 Å². The van der Waals surface area contributed by atoms with E-state index in [9.17, 15) is 4.79 Å². The van der Waals surface area contributed by atoms with E-state index in [4.69, 9.17) is 39.5 Å². The van der Waals surface area contributed by atoms with Crippen molar-refractivity contribution < 1.29 is 9.53 Å². The molecule has 0 atom stereocenters. The van der Waals surface area contributed by atoms with Crippen LogP contribution < -0.4 is 10.1 Å². The highest BCUT2D eigenvalue weighted by Crippen LogP contribution is 2.34. The van der Waals surface area contributed by atoms with Gasteiger partial charge in [0, 0.05) is 16.3 Å². The highest BCUT2D eigenvalue weighted by atomic mass is 35.5. The first-order valence-electron chi connectivity index (χ1n) is 8.84. The number of methoxy groups -OCH3 is 1. The molecule has 0 fully saturated rings. The molecule has 4 aromatic rings. The number of nitrogens with one attached hydrogen (secondary N) is 1. The van der Waals surface area contributed by atoms with E-state index >= 15 is 0 Å². The lowest BCUT2D eigenvalue weighted by Gasteiger charge is -2.11. The number of fused-ring (bicyclic) bond motifs is 1. The van der Waals surface area contributed by atoms with Crippen LogP contribution in [0, 0.1) is 6.92 Å². The zero-order valence-corrected chi connectivity index (χ0v) is 18.2. The number of amides is 1. The molecule has 3 aromatic carbocycles. The van der Waals surface area contributed by atoms with Crippen LogP contribution in [0.4, 0.5) is 5.69 Å². The summed E-state index contributed by atoms with van der Waals surface area (Å²) in [5.41, 5.74) is 3.88. The molecular weight excluding hydrogens is 447 g/mol. The molecule has 4 rings (SSSR count). The second-order valence-electron chi connectivity index (χ2n) is 6.55. The Morgan fingerprint density at radius 3 is 2.17 bits per heavy atom. The average molecular weight is 462 g/mol. The molecule has 0 radical (unpaired) electrons. The Morgan fingerprint density at radius 2 is 1.57 bits per heavy atom. The predicted molar refractivity (Wildman–Crippen MR) is 120 cm³/mol. The summed E-state index contributed by atoms with van der Waals surface area (Å²) in [7, 11) is 1.46. The Balaban J connectivity index is 1.65. The molecule has 1 aromatic heterocycles. The largest absolute Gasteiger partial charge is 0.494 e. The van der Waals surface area contributed by atoms with Gasteiger partial charge in [-0.1, -0.05) is 34.8 Å². The van der Waals surface area contributed by atoms with Crippen LogP contribution in [0.25, 0.3) is 16.7 Å². The number of aryl methyl sites for hydroxylation is 1. The van der Waals surface area contributed by atoms with Gasteiger partial charge in [-0.2, -0.15) is 4.80 Å². The summed E-state index contributed by atoms with van der Waals surface area (Å²) >= 11 is 18.2. The number of hydrogen-bond acceptors (Lipinski definition) is 4. The fourth-order valence-electron chi connectivity index (χ4n) is 2.97. The number of aromatic nitrogens is 3. The topological polar surface area (TPSA) is 69.0 Å². The van der Waals surface area contributed by atoms with Gasteiger partial charge in [-0.3, -0.25) is 4.79 Å². The van der Waals surface area contributed by atoms with Crippen molar-refractivity contribution >= 4 is 57.4 Å². The van der Waals surface area contributed by atoms with Crippen molar-refractivity contribution in [1.82, 2.24) is 15.0 Å². The van der Waals surface area contributed by atoms with E-state index in [0.717, 1.165) is 11.3 Å². The quantitative estimate of drug-likeness (QED) is 0.408. The van der Waals surface area contributed by atoms with Gasteiger partial charge >= 0.3 is 0 Å². The van der Waals surface area contributed by atoms with Crippen molar-refractivity contribution in [2.45, 2.75) is 6.92 Å². The summed E-state index contributed by atoms with van der Waals surface area (Å²) in [5, 5.41) is 13.0. The number of rotatable bonds is 4. The second kappa shape index (κ2) is 8.14. The Bertz CT molecular complexity index is 1250. The zero-order chi connectivity index (χ0) is 21.4. The third kappa shape index (κ3) is 3.94. The van der Waals surface area contributed by atoms with Gasteiger partial charge in [0.05, 0.1) is 22.8 Å². The van der Waals surface area contributed by atoms with E-state index < -0.39 is 0 Å². The molecule has 30 heavy (non-hydrogen) atoms. The smallest absolute Gasteiger partial charge is 0.255 e. The third-order valence-corrected chi connectivity index (χ3v) is 5.31. The van der Waals surface area contributed by atoms with Crippen LogP contribution in [0.2, 0.25) is 15.1 Å². The van der Waals surface area contributed by atoms with Gasteiger partial charge in [-0.05, 0) is 61.0 Å². The maximum atomic E-state index is 12.7. The van der Waals surface area contributed by atoms with Crippen molar-refractivity contribution in [3.63, 3.8) is 0 Å². The van der Waals surface area contributed by atoms with Crippen LogP contribution in [0.15, 0.2) is 48.5 Å². The number of halogens is 3. The molecule has 152 valence electrons. The van der Waals surface area contributed by atoms with E-state index in [-0.39, 0.29) is 16.0 Å². The summed E-state index contributed by atoms with van der Waals surface area (Å²) < 4.78 is 5.12. The van der Waals surface area contributed by atoms with Gasteiger partial charge < -0.3 is 10.1 Å². The lowest BCUT2D eigenvalue weighted by atomic mass is 10.1. The van der Waals surface area contributed by atoms with Gasteiger partial charge in [-0.15, -0.1) is 10.2 Å². The Hall–Kier alpha value is -2.80. The molecule has 1 N–H and O–H groups in total. The molecular formula is C21H15Cl3N4O2. The van der Waals surface area contributed by atoms with E-state index in [2.05, 4.69) is 15.5 Å². The normalized spacial score (nSPS) is 11.0. The van der Waals surface area contributed by atoms with E-state index in [1.54, 1.807) is 18.2 Å². The first kappa shape index (κ1) is 20.5. The third-order valence-electron chi connectivity index (χ3n) is 4.50. The van der Waals surface area contributed by atoms with Gasteiger partial charge in [0.1, 0.15) is 11.0 Å². The first-order valence-corrected chi connectivity index (χ1v) is 9.97. The van der Waals surface area contributed by atoms with Crippen molar-refractivity contribution in [1.29, 1.82) is 0 Å². The summed E-state index contributed by atoms with van der Waals surface area (Å²) in [6.45, 7) is 1.88. The molecule has 6 nitrogen and oxygen atoms in total. The lowest BCUT2D eigenvalue weighted by Crippen LogP contribution is -2.13. The minimum Gasteiger partial charge on any atom is -0.494 e. The molecule has 0 saturated heterocycles. The maximum absolute atomic E-state index is 12.7. The van der Waals surface area contributed by atoms with E-state index in [1.807, 2.05) is 25.1 Å². The Labute approximate surface area is 187 Å². The lowest BCUT2D eigenvalue weighted by molar-refractivity contribution is 0.102. The highest BCUT2D eigenvalue weighted by Gasteiger charge is 2.16. The van der Waals surface area contributed by atoms with Gasteiger partial charge in [0.15, 0.2) is 5.75 Å². The van der Waals surface area contributed by atoms with Crippen LogP contribution in [0.5, 0.6) is 5.75 Å². The molecule has 0 spiro atoms. The minimum atomic E-state index is -0.353. The molecule has 0 aliphatic carbocycles. The molecule has 1 heterocycles. The molecule has 0 unspecified atom stereocenters. The average Bonchev–Trinajstić information content (AvgIpc) is 3.11. The molecule has 0 saturated carbocycles. The number of benzene rings is 3. The van der Waals surface area contributed by atoms with Gasteiger partial charge in [0.25, 0.3) is 5.91 Å². The van der Waals surface area contributed by atoms with E-state index in [1.165, 1.54) is 24.0 Å². The number of hydrogen-bond donors (Lipinski definition) is 1. The summed E-state index contributed by atoms with van der Waals surface area (Å²) in [5.74, 6) is -0.0275. The molecule has 0 aliphatic rings. The van der Waals surface area contributed by atoms with Crippen LogP contribution in [-0.2, 0) is 0 Å². The molecule has 0 aliphatic heterocycles. The fraction of sp³-hybridized carbons (Fsp3) is 0.0952. The summed E-state index contributed by atoms with van der Waals surface area (Å²) in [6.07, 6.45) is 0. The SMILES string of the molecule is COc1c(Cl)cc(C(=O)Nc2cc3nn(-c4ccc(Cl)cc4)nc3cc2C)cc1Cl. The fourth-order valence-corrected chi connectivity index (χ4v) is 3.74. The monoisotopic (exact) mass is 460 g/mol. The second-order valence-corrected chi connectivity index (χ2v) is 7.80. The Kier molecular flexibility index (Phi) is 5.56. The summed E-state index contributed by atoms with van der Waals surface area (Å²) in [4.78, 5) is 14.3. The molecule has 1 amide bonds. The highest BCUT2D eigenvalue weighted by molar-refractivity contribution is 6.37. The number of anilines is 1. The first-order chi connectivity index (χ1) is 14.4. The van der Waals surface area contributed by atoms with Crippen molar-refractivity contribution in [3.05, 3.63) is 74.7 Å². The zero-order valence-electron chi connectivity index (χ0n) is 15.9. The summed E-state index contributed by atoms with van der Waals surface area (Å²) in [6, 6.07) is 13.8. The standard InChI is InChI=1S/C21H15Cl3N4O2/c1-11-7-18-19(27-28(26-18)14-5-3-13(22)4-6-14)10-17(11)25-21(29)12-8-15(23)20(30-2)16(24)9-12/h3-10H,1-2H3,(H,25,29). The van der Waals surface area contributed by atoms with Gasteiger partial charge in [0.2, 0.25) is 0 Å². The van der Waals surface area contributed by atoms with Crippen LogP contribution in [0.3, 0.4) is 0 Å². The Morgan fingerprint density at radius 1 is 0.967 bits per heavy atom. The van der Waals surface area contributed by atoms with Crippen molar-refractivity contribution in [3.8, 4) is 11.4 Å². The van der Waals surface area contributed by atoms with Crippen LogP contribution in [0.1, 0.15) is 15.9 Å². The number of ether oxygens (including phenoxy) is 1.